The van der Waals surface area contributed by atoms with Gasteiger partial charge in [0, 0.05) is 5.39 Å². The Bertz CT molecular complexity index is 628. The van der Waals surface area contributed by atoms with E-state index in [4.69, 9.17) is 5.73 Å². The van der Waals surface area contributed by atoms with E-state index in [1.807, 2.05) is 0 Å². The minimum Gasteiger partial charge on any atom is -0.368 e. The van der Waals surface area contributed by atoms with Gasteiger partial charge in [0.1, 0.15) is 17.0 Å². The molecular weight excluding hydrogens is 237 g/mol. The van der Waals surface area contributed by atoms with E-state index in [-0.39, 0.29) is 17.8 Å². The Hall–Kier alpha value is -2.50. The SMILES string of the molecule is NC(=O)CNC(=O)c1ccc2cccc(F)c2n1. The monoisotopic (exact) mass is 247 g/mol. The van der Waals surface area contributed by atoms with E-state index in [0.717, 1.165) is 0 Å². The lowest BCUT2D eigenvalue weighted by Gasteiger charge is -2.04. The van der Waals surface area contributed by atoms with Crippen molar-refractivity contribution in [3.63, 3.8) is 0 Å². The summed E-state index contributed by atoms with van der Waals surface area (Å²) in [5, 5.41) is 2.88. The number of rotatable bonds is 3. The van der Waals surface area contributed by atoms with Gasteiger partial charge in [-0.2, -0.15) is 0 Å². The quantitative estimate of drug-likeness (QED) is 0.832. The highest BCUT2D eigenvalue weighted by Crippen LogP contribution is 2.15. The van der Waals surface area contributed by atoms with Crippen LogP contribution in [0.25, 0.3) is 10.9 Å². The van der Waals surface area contributed by atoms with Crippen LogP contribution in [0, 0.1) is 5.82 Å². The molecule has 0 aliphatic rings. The molecule has 0 aliphatic heterocycles. The van der Waals surface area contributed by atoms with Gasteiger partial charge in [0.05, 0.1) is 6.54 Å². The van der Waals surface area contributed by atoms with Crippen LogP contribution in [0.5, 0.6) is 0 Å². The number of nitrogens with two attached hydrogens (primary N) is 1. The summed E-state index contributed by atoms with van der Waals surface area (Å²) in [5.74, 6) is -1.73. The second-order valence-electron chi connectivity index (χ2n) is 3.66. The lowest BCUT2D eigenvalue weighted by Crippen LogP contribution is -2.33. The molecule has 2 rings (SSSR count). The molecule has 1 aromatic heterocycles. The molecule has 0 bridgehead atoms. The third-order valence-corrected chi connectivity index (χ3v) is 2.33. The summed E-state index contributed by atoms with van der Waals surface area (Å²) in [7, 11) is 0. The highest BCUT2D eigenvalue weighted by atomic mass is 19.1. The number of nitrogens with one attached hydrogen (secondary N) is 1. The fourth-order valence-electron chi connectivity index (χ4n) is 1.50. The second kappa shape index (κ2) is 4.79. The van der Waals surface area contributed by atoms with E-state index in [9.17, 15) is 14.0 Å². The maximum atomic E-state index is 13.5. The van der Waals surface area contributed by atoms with E-state index >= 15 is 0 Å². The van der Waals surface area contributed by atoms with Gasteiger partial charge >= 0.3 is 0 Å². The van der Waals surface area contributed by atoms with E-state index in [2.05, 4.69) is 10.3 Å². The van der Waals surface area contributed by atoms with Crippen molar-refractivity contribution in [2.24, 2.45) is 5.73 Å². The number of para-hydroxylation sites is 1. The number of pyridine rings is 1. The van der Waals surface area contributed by atoms with E-state index < -0.39 is 17.6 Å². The highest BCUT2D eigenvalue weighted by Gasteiger charge is 2.10. The number of amides is 2. The molecule has 92 valence electrons. The maximum absolute atomic E-state index is 13.5. The second-order valence-corrected chi connectivity index (χ2v) is 3.66. The molecule has 2 amide bonds. The predicted molar refractivity (Wildman–Crippen MR) is 63.2 cm³/mol. The Labute approximate surface area is 102 Å². The standard InChI is InChI=1S/C12H10FN3O2/c13-8-3-1-2-7-4-5-9(16-11(7)8)12(18)15-6-10(14)17/h1-5H,6H2,(H2,14,17)(H,15,18). The van der Waals surface area contributed by atoms with Crippen LogP contribution in [0.1, 0.15) is 10.5 Å². The third kappa shape index (κ3) is 2.42. The van der Waals surface area contributed by atoms with Crippen LogP contribution in [-0.4, -0.2) is 23.3 Å². The summed E-state index contributed by atoms with van der Waals surface area (Å²) in [4.78, 5) is 26.0. The van der Waals surface area contributed by atoms with Crippen LogP contribution >= 0.6 is 0 Å². The van der Waals surface area contributed by atoms with E-state index in [1.165, 1.54) is 12.1 Å². The van der Waals surface area contributed by atoms with Crippen LogP contribution in [0.2, 0.25) is 0 Å². The van der Waals surface area contributed by atoms with Crippen LogP contribution in [0.3, 0.4) is 0 Å². The number of carbonyl (C=O) groups excluding carboxylic acids is 2. The van der Waals surface area contributed by atoms with Crippen LogP contribution < -0.4 is 11.1 Å². The van der Waals surface area contributed by atoms with Crippen molar-refractivity contribution in [3.8, 4) is 0 Å². The molecule has 1 aromatic carbocycles. The van der Waals surface area contributed by atoms with Gasteiger partial charge in [0.2, 0.25) is 5.91 Å². The van der Waals surface area contributed by atoms with Crippen LogP contribution in [0.15, 0.2) is 30.3 Å². The van der Waals surface area contributed by atoms with Gasteiger partial charge in [-0.15, -0.1) is 0 Å². The van der Waals surface area contributed by atoms with Crippen LogP contribution in [0.4, 0.5) is 4.39 Å². The smallest absolute Gasteiger partial charge is 0.270 e. The number of aromatic nitrogens is 1. The summed E-state index contributed by atoms with van der Waals surface area (Å²) in [6.07, 6.45) is 0. The van der Waals surface area contributed by atoms with E-state index in [1.54, 1.807) is 18.2 Å². The number of primary amides is 1. The first kappa shape index (κ1) is 12.0. The molecule has 0 aliphatic carbocycles. The van der Waals surface area contributed by atoms with Crippen molar-refractivity contribution in [2.75, 3.05) is 6.54 Å². The van der Waals surface area contributed by atoms with Crippen molar-refractivity contribution in [2.45, 2.75) is 0 Å². The predicted octanol–water partition coefficient (Wildman–Crippen LogP) is 0.589. The molecule has 0 saturated carbocycles. The van der Waals surface area contributed by atoms with Crippen molar-refractivity contribution in [1.29, 1.82) is 0 Å². The van der Waals surface area contributed by atoms with Gasteiger partial charge < -0.3 is 11.1 Å². The molecule has 0 fully saturated rings. The molecule has 0 unspecified atom stereocenters. The summed E-state index contributed by atoms with van der Waals surface area (Å²) in [6.45, 7) is -0.282. The van der Waals surface area contributed by atoms with Gasteiger partial charge in [-0.1, -0.05) is 18.2 Å². The van der Waals surface area contributed by atoms with Crippen LogP contribution in [-0.2, 0) is 4.79 Å². The van der Waals surface area contributed by atoms with Crippen molar-refractivity contribution >= 4 is 22.7 Å². The molecule has 3 N–H and O–H groups in total. The molecule has 2 aromatic rings. The lowest BCUT2D eigenvalue weighted by molar-refractivity contribution is -0.117. The molecular formula is C12H10FN3O2. The lowest BCUT2D eigenvalue weighted by atomic mass is 10.2. The minimum absolute atomic E-state index is 0.0360. The number of fused-ring (bicyclic) bond motifs is 1. The topological polar surface area (TPSA) is 85.1 Å². The van der Waals surface area contributed by atoms with Gasteiger partial charge in [0.25, 0.3) is 5.91 Å². The number of carbonyl (C=O) groups is 2. The third-order valence-electron chi connectivity index (χ3n) is 2.33. The summed E-state index contributed by atoms with van der Waals surface area (Å²) in [6, 6.07) is 7.56. The molecule has 0 saturated heterocycles. The number of halogens is 1. The Balaban J connectivity index is 2.32. The zero-order valence-electron chi connectivity index (χ0n) is 9.31. The number of nitrogens with zero attached hydrogens (tertiary/aromatic N) is 1. The van der Waals surface area contributed by atoms with Gasteiger partial charge in [0.15, 0.2) is 0 Å². The van der Waals surface area contributed by atoms with Gasteiger partial charge in [-0.25, -0.2) is 9.37 Å². The summed E-state index contributed by atoms with van der Waals surface area (Å²) >= 11 is 0. The molecule has 18 heavy (non-hydrogen) atoms. The Morgan fingerprint density at radius 3 is 2.78 bits per heavy atom. The molecule has 0 spiro atoms. The zero-order chi connectivity index (χ0) is 13.1. The Morgan fingerprint density at radius 1 is 1.28 bits per heavy atom. The van der Waals surface area contributed by atoms with Crippen molar-refractivity contribution in [3.05, 3.63) is 41.8 Å². The first-order chi connectivity index (χ1) is 8.58. The number of hydrogen-bond acceptors (Lipinski definition) is 3. The summed E-state index contributed by atoms with van der Waals surface area (Å²) in [5.41, 5.74) is 5.05. The summed E-state index contributed by atoms with van der Waals surface area (Å²) < 4.78 is 13.5. The zero-order valence-corrected chi connectivity index (χ0v) is 9.31. The van der Waals surface area contributed by atoms with E-state index in [0.29, 0.717) is 5.39 Å². The average molecular weight is 247 g/mol. The fourth-order valence-corrected chi connectivity index (χ4v) is 1.50. The maximum Gasteiger partial charge on any atom is 0.270 e. The average Bonchev–Trinajstić information content (AvgIpc) is 2.36. The first-order valence-electron chi connectivity index (χ1n) is 5.19. The Morgan fingerprint density at radius 2 is 2.06 bits per heavy atom. The normalized spacial score (nSPS) is 10.3. The molecule has 1 heterocycles. The van der Waals surface area contributed by atoms with Crippen molar-refractivity contribution < 1.29 is 14.0 Å². The van der Waals surface area contributed by atoms with Gasteiger partial charge in [-0.05, 0) is 12.1 Å². The molecule has 0 atom stereocenters. The molecule has 5 nitrogen and oxygen atoms in total. The van der Waals surface area contributed by atoms with Gasteiger partial charge in [-0.3, -0.25) is 9.59 Å². The highest BCUT2D eigenvalue weighted by molar-refractivity contribution is 5.96. The Kier molecular flexibility index (Phi) is 3.18. The largest absolute Gasteiger partial charge is 0.368 e. The molecule has 6 heteroatoms. The number of hydrogen-bond donors (Lipinski definition) is 2. The van der Waals surface area contributed by atoms with Crippen molar-refractivity contribution in [1.82, 2.24) is 10.3 Å². The number of benzene rings is 1. The fraction of sp³-hybridized carbons (Fsp3) is 0.0833. The minimum atomic E-state index is -0.657. The first-order valence-corrected chi connectivity index (χ1v) is 5.19. The molecule has 0 radical (unpaired) electrons.